The smallest absolute Gasteiger partial charge is 0.0137 e. The van der Waals surface area contributed by atoms with E-state index in [9.17, 15) is 0 Å². The minimum atomic E-state index is 0.823. The molecule has 0 unspecified atom stereocenters. The first kappa shape index (κ1) is 7.80. The summed E-state index contributed by atoms with van der Waals surface area (Å²) in [6.45, 7) is 6.83. The Balaban J connectivity index is 2.31. The minimum absolute atomic E-state index is 0.823. The lowest BCUT2D eigenvalue weighted by Crippen LogP contribution is -2.20. The van der Waals surface area contributed by atoms with Gasteiger partial charge in [-0.2, -0.15) is 0 Å². The van der Waals surface area contributed by atoms with E-state index in [2.05, 4.69) is 25.2 Å². The molecule has 0 aromatic carbocycles. The molecule has 1 aliphatic rings. The Morgan fingerprint density at radius 2 is 2.40 bits per heavy atom. The fourth-order valence-electron chi connectivity index (χ4n) is 1.38. The van der Waals surface area contributed by atoms with Gasteiger partial charge < -0.3 is 5.32 Å². The zero-order valence-electron chi connectivity index (χ0n) is 6.98. The summed E-state index contributed by atoms with van der Waals surface area (Å²) in [5.74, 6) is 0.823. The molecule has 1 heteroatoms. The van der Waals surface area contributed by atoms with Crippen molar-refractivity contribution in [2.75, 3.05) is 13.1 Å². The molecule has 0 bridgehead atoms. The Bertz CT molecular complexity index is 125. The second-order valence-corrected chi connectivity index (χ2v) is 3.41. The lowest BCUT2D eigenvalue weighted by Gasteiger charge is -2.15. The van der Waals surface area contributed by atoms with Crippen LogP contribution < -0.4 is 5.32 Å². The van der Waals surface area contributed by atoms with Gasteiger partial charge in [-0.25, -0.2) is 0 Å². The number of hydrogen-bond donors (Lipinski definition) is 1. The lowest BCUT2D eigenvalue weighted by molar-refractivity contribution is 0.594. The normalized spacial score (nSPS) is 19.3. The van der Waals surface area contributed by atoms with E-state index >= 15 is 0 Å². The highest BCUT2D eigenvalue weighted by atomic mass is 14.8. The molecular weight excluding hydrogens is 122 g/mol. The molecule has 0 saturated heterocycles. The topological polar surface area (TPSA) is 12.0 Å². The van der Waals surface area contributed by atoms with Gasteiger partial charge in [0, 0.05) is 6.54 Å². The van der Waals surface area contributed by atoms with Crippen LogP contribution in [0.25, 0.3) is 0 Å². The molecule has 1 heterocycles. The fraction of sp³-hybridized carbons (Fsp3) is 0.778. The van der Waals surface area contributed by atoms with Gasteiger partial charge in [-0.1, -0.05) is 25.5 Å². The van der Waals surface area contributed by atoms with Gasteiger partial charge in [0.1, 0.15) is 0 Å². The summed E-state index contributed by atoms with van der Waals surface area (Å²) in [7, 11) is 0. The first-order valence-corrected chi connectivity index (χ1v) is 4.17. The maximum Gasteiger partial charge on any atom is 0.0137 e. The Labute approximate surface area is 63.5 Å². The highest BCUT2D eigenvalue weighted by Crippen LogP contribution is 2.14. The van der Waals surface area contributed by atoms with E-state index in [4.69, 9.17) is 0 Å². The van der Waals surface area contributed by atoms with Crippen LogP contribution in [0.5, 0.6) is 0 Å². The van der Waals surface area contributed by atoms with Crippen molar-refractivity contribution in [2.24, 2.45) is 5.92 Å². The third kappa shape index (κ3) is 2.53. The number of nitrogens with one attached hydrogen (secondary N) is 1. The molecule has 0 atom stereocenters. The largest absolute Gasteiger partial charge is 0.313 e. The predicted octanol–water partition coefficient (Wildman–Crippen LogP) is 1.95. The summed E-state index contributed by atoms with van der Waals surface area (Å²) in [6.07, 6.45) is 4.89. The van der Waals surface area contributed by atoms with E-state index < -0.39 is 0 Å². The fourth-order valence-corrected chi connectivity index (χ4v) is 1.38. The van der Waals surface area contributed by atoms with Crippen LogP contribution in [0, 0.1) is 5.92 Å². The molecule has 0 amide bonds. The number of hydrogen-bond acceptors (Lipinski definition) is 1. The Morgan fingerprint density at radius 3 is 2.90 bits per heavy atom. The van der Waals surface area contributed by atoms with Gasteiger partial charge in [-0.3, -0.25) is 0 Å². The van der Waals surface area contributed by atoms with E-state index in [0.717, 1.165) is 12.5 Å². The standard InChI is InChI=1S/C9H17N/c1-8(2)7-9-3-5-10-6-4-9/h3,8,10H,4-7H2,1-2H3. The third-order valence-electron chi connectivity index (χ3n) is 1.83. The zero-order valence-corrected chi connectivity index (χ0v) is 6.98. The molecule has 1 rings (SSSR count). The van der Waals surface area contributed by atoms with Crippen molar-refractivity contribution in [1.82, 2.24) is 5.32 Å². The highest BCUT2D eigenvalue weighted by Gasteiger charge is 2.03. The van der Waals surface area contributed by atoms with Gasteiger partial charge in [0.15, 0.2) is 0 Å². The Morgan fingerprint density at radius 1 is 1.60 bits per heavy atom. The summed E-state index contributed by atoms with van der Waals surface area (Å²) in [5.41, 5.74) is 1.65. The van der Waals surface area contributed by atoms with Crippen LogP contribution >= 0.6 is 0 Å². The van der Waals surface area contributed by atoms with Crippen molar-refractivity contribution in [3.63, 3.8) is 0 Å². The zero-order chi connectivity index (χ0) is 7.40. The highest BCUT2D eigenvalue weighted by molar-refractivity contribution is 5.06. The molecule has 58 valence electrons. The van der Waals surface area contributed by atoms with Crippen LogP contribution in [-0.4, -0.2) is 13.1 Å². The molecule has 10 heavy (non-hydrogen) atoms. The van der Waals surface area contributed by atoms with E-state index in [0.29, 0.717) is 0 Å². The molecule has 1 aliphatic heterocycles. The number of rotatable bonds is 2. The summed E-state index contributed by atoms with van der Waals surface area (Å²) in [4.78, 5) is 0. The molecule has 0 saturated carbocycles. The molecule has 1 nitrogen and oxygen atoms in total. The first-order valence-electron chi connectivity index (χ1n) is 4.17. The average Bonchev–Trinajstić information content (AvgIpc) is 1.88. The SMILES string of the molecule is CC(C)CC1=CCNCC1. The second-order valence-electron chi connectivity index (χ2n) is 3.41. The molecule has 0 aromatic heterocycles. The van der Waals surface area contributed by atoms with Crippen LogP contribution in [0.2, 0.25) is 0 Å². The lowest BCUT2D eigenvalue weighted by atomic mass is 9.99. The Hall–Kier alpha value is -0.300. The van der Waals surface area contributed by atoms with Crippen LogP contribution in [-0.2, 0) is 0 Å². The van der Waals surface area contributed by atoms with Gasteiger partial charge in [0.25, 0.3) is 0 Å². The summed E-state index contributed by atoms with van der Waals surface area (Å²) in [6, 6.07) is 0. The molecule has 1 N–H and O–H groups in total. The van der Waals surface area contributed by atoms with Crippen molar-refractivity contribution in [3.05, 3.63) is 11.6 Å². The minimum Gasteiger partial charge on any atom is -0.313 e. The van der Waals surface area contributed by atoms with Crippen molar-refractivity contribution < 1.29 is 0 Å². The van der Waals surface area contributed by atoms with Crippen LogP contribution in [0.3, 0.4) is 0 Å². The molecule has 0 spiro atoms. The monoisotopic (exact) mass is 139 g/mol. The van der Waals surface area contributed by atoms with Crippen LogP contribution in [0.1, 0.15) is 26.7 Å². The first-order chi connectivity index (χ1) is 4.79. The van der Waals surface area contributed by atoms with Gasteiger partial charge in [-0.05, 0) is 25.3 Å². The van der Waals surface area contributed by atoms with Crippen molar-refractivity contribution in [1.29, 1.82) is 0 Å². The van der Waals surface area contributed by atoms with E-state index in [1.807, 2.05) is 0 Å². The summed E-state index contributed by atoms with van der Waals surface area (Å²) >= 11 is 0. The maximum absolute atomic E-state index is 3.31. The van der Waals surface area contributed by atoms with Crippen molar-refractivity contribution >= 4 is 0 Å². The van der Waals surface area contributed by atoms with E-state index in [1.165, 1.54) is 19.4 Å². The van der Waals surface area contributed by atoms with Crippen molar-refractivity contribution in [2.45, 2.75) is 26.7 Å². The summed E-state index contributed by atoms with van der Waals surface area (Å²) in [5, 5.41) is 3.31. The quantitative estimate of drug-likeness (QED) is 0.577. The van der Waals surface area contributed by atoms with Gasteiger partial charge in [0.2, 0.25) is 0 Å². The van der Waals surface area contributed by atoms with Gasteiger partial charge in [-0.15, -0.1) is 0 Å². The second kappa shape index (κ2) is 3.77. The van der Waals surface area contributed by atoms with Gasteiger partial charge >= 0.3 is 0 Å². The van der Waals surface area contributed by atoms with Crippen LogP contribution in [0.4, 0.5) is 0 Å². The van der Waals surface area contributed by atoms with E-state index in [1.54, 1.807) is 5.57 Å². The Kier molecular flexibility index (Phi) is 2.94. The molecule has 0 aromatic rings. The molecule has 0 fully saturated rings. The third-order valence-corrected chi connectivity index (χ3v) is 1.83. The van der Waals surface area contributed by atoms with Crippen molar-refractivity contribution in [3.8, 4) is 0 Å². The van der Waals surface area contributed by atoms with Crippen LogP contribution in [0.15, 0.2) is 11.6 Å². The molecule has 0 aliphatic carbocycles. The van der Waals surface area contributed by atoms with E-state index in [-0.39, 0.29) is 0 Å². The summed E-state index contributed by atoms with van der Waals surface area (Å²) < 4.78 is 0. The maximum atomic E-state index is 3.31. The predicted molar refractivity (Wildman–Crippen MR) is 45.0 cm³/mol. The van der Waals surface area contributed by atoms with Gasteiger partial charge in [0.05, 0.1) is 0 Å². The average molecular weight is 139 g/mol. The molecule has 0 radical (unpaired) electrons. The molecular formula is C9H17N.